The minimum Gasteiger partial charge on any atom is -0.456 e. The molecular weight excluding hydrogens is 755 g/mol. The van der Waals surface area contributed by atoms with Crippen LogP contribution < -0.4 is 26.2 Å². The van der Waals surface area contributed by atoms with Crippen molar-refractivity contribution in [1.29, 1.82) is 0 Å². The second-order valence-corrected chi connectivity index (χ2v) is 19.5. The van der Waals surface area contributed by atoms with E-state index in [0.717, 1.165) is 66.4 Å². The Balaban J connectivity index is 1.10. The smallest absolute Gasteiger partial charge is 0.252 e. The minimum absolute atomic E-state index is 0.0225. The van der Waals surface area contributed by atoms with Crippen LogP contribution in [0.2, 0.25) is 0 Å². The Morgan fingerprint density at radius 2 is 1.03 bits per heavy atom. The van der Waals surface area contributed by atoms with Crippen molar-refractivity contribution in [3.05, 3.63) is 174 Å². The number of anilines is 6. The van der Waals surface area contributed by atoms with Crippen LogP contribution >= 0.6 is 0 Å². The van der Waals surface area contributed by atoms with Gasteiger partial charge < -0.3 is 18.6 Å². The average molecular weight is 803 g/mol. The molecule has 0 saturated heterocycles. The minimum atomic E-state index is -0.0379. The summed E-state index contributed by atoms with van der Waals surface area (Å²) in [6, 6.07) is 58.2. The second kappa shape index (κ2) is 13.0. The van der Waals surface area contributed by atoms with Crippen LogP contribution in [0.4, 0.5) is 34.1 Å². The predicted octanol–water partition coefficient (Wildman–Crippen LogP) is 14.1. The fourth-order valence-corrected chi connectivity index (χ4v) is 10.2. The van der Waals surface area contributed by atoms with Gasteiger partial charge in [0.1, 0.15) is 22.3 Å². The van der Waals surface area contributed by atoms with Crippen LogP contribution in [-0.4, -0.2) is 6.71 Å². The molecule has 0 fully saturated rings. The molecule has 0 aliphatic carbocycles. The number of aryl methyl sites for hydroxylation is 1. The molecule has 10 aromatic rings. The summed E-state index contributed by atoms with van der Waals surface area (Å²) >= 11 is 0. The lowest BCUT2D eigenvalue weighted by Crippen LogP contribution is -2.61. The van der Waals surface area contributed by atoms with Crippen molar-refractivity contribution in [2.75, 3.05) is 9.80 Å². The Morgan fingerprint density at radius 1 is 0.435 bits per heavy atom. The van der Waals surface area contributed by atoms with Crippen LogP contribution in [-0.2, 0) is 10.8 Å². The zero-order valence-corrected chi connectivity index (χ0v) is 36.3. The number of fused-ring (bicyclic) bond motifs is 10. The Hall–Kier alpha value is -6.98. The molecule has 2 aliphatic heterocycles. The number of hydrogen-bond acceptors (Lipinski definition) is 4. The lowest BCUT2D eigenvalue weighted by Gasteiger charge is -2.45. The van der Waals surface area contributed by atoms with Gasteiger partial charge >= 0.3 is 0 Å². The van der Waals surface area contributed by atoms with Gasteiger partial charge in [0.15, 0.2) is 0 Å². The third kappa shape index (κ3) is 5.47. The van der Waals surface area contributed by atoms with Crippen LogP contribution in [0.25, 0.3) is 55.0 Å². The van der Waals surface area contributed by atoms with E-state index in [4.69, 9.17) is 8.83 Å². The molecule has 12 rings (SSSR count). The van der Waals surface area contributed by atoms with E-state index in [1.165, 1.54) is 55.8 Å². The van der Waals surface area contributed by atoms with Gasteiger partial charge in [-0.2, -0.15) is 0 Å². The maximum Gasteiger partial charge on any atom is 0.252 e. The van der Waals surface area contributed by atoms with Crippen molar-refractivity contribution in [2.45, 2.75) is 59.3 Å². The molecule has 300 valence electrons. The standard InChI is InChI=1S/C57H47BN2O2/c1-34-29-49-54-50(30-34)60(39-25-26-43-41-13-8-10-17-51(41)61-53(43)33-39)47-28-22-36(56(2,3)4)31-46(47)58(54)45-27-21-37(57(5,6)7)32-48(45)59(49)38-23-19-35(20-24-38)40-15-12-16-44-42-14-9-11-18-52(42)62-55(40)44/h8-33H,1-7H3. The number of hydrogen-bond donors (Lipinski definition) is 0. The molecule has 2 aliphatic rings. The maximum absolute atomic E-state index is 6.52. The number of nitrogens with zero attached hydrogens (tertiary/aromatic N) is 2. The molecule has 2 aromatic heterocycles. The van der Waals surface area contributed by atoms with E-state index in [0.29, 0.717) is 0 Å². The normalized spacial score (nSPS) is 13.6. The first-order valence-electron chi connectivity index (χ1n) is 21.9. The summed E-state index contributed by atoms with van der Waals surface area (Å²) in [6.07, 6.45) is 0. The molecule has 0 amide bonds. The van der Waals surface area contributed by atoms with E-state index in [9.17, 15) is 0 Å². The maximum atomic E-state index is 6.52. The van der Waals surface area contributed by atoms with E-state index in [1.807, 2.05) is 12.1 Å². The monoisotopic (exact) mass is 802 g/mol. The molecule has 8 aromatic carbocycles. The molecule has 4 heterocycles. The lowest BCUT2D eigenvalue weighted by molar-refractivity contribution is 0.590. The largest absolute Gasteiger partial charge is 0.456 e. The second-order valence-electron chi connectivity index (χ2n) is 19.5. The zero-order valence-electron chi connectivity index (χ0n) is 36.3. The van der Waals surface area contributed by atoms with Crippen LogP contribution in [0.5, 0.6) is 0 Å². The fraction of sp³-hybridized carbons (Fsp3) is 0.158. The van der Waals surface area contributed by atoms with Crippen molar-refractivity contribution in [3.63, 3.8) is 0 Å². The number of rotatable bonds is 3. The highest BCUT2D eigenvalue weighted by Gasteiger charge is 2.44. The van der Waals surface area contributed by atoms with Gasteiger partial charge in [0.05, 0.1) is 0 Å². The van der Waals surface area contributed by atoms with Crippen LogP contribution in [0.3, 0.4) is 0 Å². The highest BCUT2D eigenvalue weighted by atomic mass is 16.3. The van der Waals surface area contributed by atoms with Gasteiger partial charge in [-0.3, -0.25) is 0 Å². The highest BCUT2D eigenvalue weighted by molar-refractivity contribution is 7.00. The summed E-state index contributed by atoms with van der Waals surface area (Å²) in [5.74, 6) is 0. The van der Waals surface area contributed by atoms with Gasteiger partial charge in [0.2, 0.25) is 0 Å². The van der Waals surface area contributed by atoms with Crippen molar-refractivity contribution in [3.8, 4) is 11.1 Å². The van der Waals surface area contributed by atoms with Crippen molar-refractivity contribution >= 4 is 101 Å². The van der Waals surface area contributed by atoms with Crippen molar-refractivity contribution in [1.82, 2.24) is 0 Å². The predicted molar refractivity (Wildman–Crippen MR) is 263 cm³/mol. The summed E-state index contributed by atoms with van der Waals surface area (Å²) in [7, 11) is 0. The zero-order chi connectivity index (χ0) is 42.2. The summed E-state index contributed by atoms with van der Waals surface area (Å²) in [6.45, 7) is 16.2. The van der Waals surface area contributed by atoms with Gasteiger partial charge in [-0.05, 0) is 117 Å². The average Bonchev–Trinajstić information content (AvgIpc) is 3.83. The third-order valence-corrected chi connectivity index (χ3v) is 13.4. The molecule has 5 heteroatoms. The van der Waals surface area contributed by atoms with Crippen LogP contribution in [0.15, 0.2) is 167 Å². The summed E-state index contributed by atoms with van der Waals surface area (Å²) in [5, 5.41) is 4.54. The number of furan rings is 2. The highest BCUT2D eigenvalue weighted by Crippen LogP contribution is 2.47. The molecule has 0 unspecified atom stereocenters. The van der Waals surface area contributed by atoms with Crippen LogP contribution in [0, 0.1) is 6.92 Å². The topological polar surface area (TPSA) is 32.8 Å². The van der Waals surface area contributed by atoms with Crippen molar-refractivity contribution < 1.29 is 8.83 Å². The lowest BCUT2D eigenvalue weighted by atomic mass is 9.33. The summed E-state index contributed by atoms with van der Waals surface area (Å²) in [4.78, 5) is 5.01. The Kier molecular flexibility index (Phi) is 7.73. The Labute approximate surface area is 363 Å². The van der Waals surface area contributed by atoms with Gasteiger partial charge in [-0.25, -0.2) is 0 Å². The quantitative estimate of drug-likeness (QED) is 0.167. The molecule has 0 saturated carbocycles. The molecular formula is C57H47BN2O2. The SMILES string of the molecule is Cc1cc2c3c(c1)N(c1ccc(-c4cccc5c4oc4ccccc45)cc1)c1cc(C(C)(C)C)ccc1B3c1cc(C(C)(C)C)ccc1N2c1ccc2c(c1)oc1ccccc12. The Morgan fingerprint density at radius 3 is 1.76 bits per heavy atom. The van der Waals surface area contributed by atoms with E-state index in [-0.39, 0.29) is 17.5 Å². The molecule has 62 heavy (non-hydrogen) atoms. The summed E-state index contributed by atoms with van der Waals surface area (Å²) in [5.41, 5.74) is 20.6. The first-order valence-corrected chi connectivity index (χ1v) is 21.9. The van der Waals surface area contributed by atoms with Gasteiger partial charge in [-0.1, -0.05) is 133 Å². The van der Waals surface area contributed by atoms with Gasteiger partial charge in [0.25, 0.3) is 6.71 Å². The molecule has 4 nitrogen and oxygen atoms in total. The molecule has 0 N–H and O–H groups in total. The van der Waals surface area contributed by atoms with Gasteiger partial charge in [0, 0.05) is 67.3 Å². The van der Waals surface area contributed by atoms with E-state index < -0.39 is 0 Å². The molecule has 0 bridgehead atoms. The van der Waals surface area contributed by atoms with E-state index in [1.54, 1.807) is 0 Å². The third-order valence-electron chi connectivity index (χ3n) is 13.4. The van der Waals surface area contributed by atoms with E-state index in [2.05, 4.69) is 204 Å². The summed E-state index contributed by atoms with van der Waals surface area (Å²) < 4.78 is 13.0. The first kappa shape index (κ1) is 36.8. The van der Waals surface area contributed by atoms with Crippen molar-refractivity contribution in [2.24, 2.45) is 0 Å². The first-order chi connectivity index (χ1) is 29.9. The fourth-order valence-electron chi connectivity index (χ4n) is 10.2. The molecule has 0 radical (unpaired) electrons. The molecule has 0 atom stereocenters. The van der Waals surface area contributed by atoms with E-state index >= 15 is 0 Å². The molecule has 0 spiro atoms. The van der Waals surface area contributed by atoms with Gasteiger partial charge in [-0.15, -0.1) is 0 Å². The number of benzene rings is 8. The Bertz CT molecular complexity index is 3470. The van der Waals surface area contributed by atoms with Crippen LogP contribution in [0.1, 0.15) is 58.2 Å². The number of para-hydroxylation sites is 3.